The first kappa shape index (κ1) is 14.3. The van der Waals surface area contributed by atoms with Crippen molar-refractivity contribution in [3.63, 3.8) is 0 Å². The lowest BCUT2D eigenvalue weighted by atomic mass is 9.93. The van der Waals surface area contributed by atoms with Gasteiger partial charge in [-0.2, -0.15) is 0 Å². The Balaban J connectivity index is 1.67. The van der Waals surface area contributed by atoms with Crippen molar-refractivity contribution in [2.75, 3.05) is 32.7 Å². The van der Waals surface area contributed by atoms with Gasteiger partial charge in [-0.3, -0.25) is 0 Å². The van der Waals surface area contributed by atoms with Crippen LogP contribution in [0.2, 0.25) is 0 Å². The van der Waals surface area contributed by atoms with Gasteiger partial charge in [0.2, 0.25) is 0 Å². The lowest BCUT2D eigenvalue weighted by molar-refractivity contribution is 0.101. The quantitative estimate of drug-likeness (QED) is 0.758. The molecule has 0 aliphatic carbocycles. The summed E-state index contributed by atoms with van der Waals surface area (Å²) in [5, 5.41) is 0. The van der Waals surface area contributed by atoms with Crippen LogP contribution in [0.1, 0.15) is 52.9 Å². The first-order valence-corrected chi connectivity index (χ1v) is 8.15. The van der Waals surface area contributed by atoms with E-state index >= 15 is 0 Å². The van der Waals surface area contributed by atoms with Crippen molar-refractivity contribution < 1.29 is 0 Å². The molecule has 0 saturated carbocycles. The molecule has 0 aromatic rings. The number of piperidine rings is 2. The summed E-state index contributed by atoms with van der Waals surface area (Å²) >= 11 is 0. The SMILES string of the molecule is CCC(C)N1CCC(CN2CCC(C)CC2)CC1. The second kappa shape index (κ2) is 6.91. The number of likely N-dealkylation sites (tertiary alicyclic amines) is 2. The van der Waals surface area contributed by atoms with Gasteiger partial charge in [0, 0.05) is 12.6 Å². The van der Waals surface area contributed by atoms with Gasteiger partial charge >= 0.3 is 0 Å². The van der Waals surface area contributed by atoms with E-state index < -0.39 is 0 Å². The van der Waals surface area contributed by atoms with E-state index in [1.165, 1.54) is 64.8 Å². The minimum atomic E-state index is 0.793. The molecule has 0 spiro atoms. The smallest absolute Gasteiger partial charge is 0.00643 e. The summed E-state index contributed by atoms with van der Waals surface area (Å²) in [6.07, 6.45) is 7.00. The fourth-order valence-corrected chi connectivity index (χ4v) is 3.44. The largest absolute Gasteiger partial charge is 0.303 e. The topological polar surface area (TPSA) is 6.48 Å². The molecule has 0 aromatic heterocycles. The third-order valence-electron chi connectivity index (χ3n) is 5.26. The summed E-state index contributed by atoms with van der Waals surface area (Å²) in [5.74, 6) is 1.94. The van der Waals surface area contributed by atoms with Crippen molar-refractivity contribution in [3.8, 4) is 0 Å². The molecule has 1 atom stereocenters. The van der Waals surface area contributed by atoms with Crippen molar-refractivity contribution in [2.45, 2.75) is 58.9 Å². The van der Waals surface area contributed by atoms with Crippen LogP contribution < -0.4 is 0 Å². The van der Waals surface area contributed by atoms with Crippen LogP contribution >= 0.6 is 0 Å². The molecule has 2 heterocycles. The van der Waals surface area contributed by atoms with Crippen molar-refractivity contribution in [1.29, 1.82) is 0 Å². The molecule has 0 bridgehead atoms. The predicted octanol–water partition coefficient (Wildman–Crippen LogP) is 3.23. The third-order valence-corrected chi connectivity index (χ3v) is 5.26. The fourth-order valence-electron chi connectivity index (χ4n) is 3.44. The molecular weight excluding hydrogens is 220 g/mol. The van der Waals surface area contributed by atoms with Crippen LogP contribution in [0.15, 0.2) is 0 Å². The lowest BCUT2D eigenvalue weighted by Gasteiger charge is -2.39. The van der Waals surface area contributed by atoms with E-state index in [0.717, 1.165) is 17.9 Å². The Kier molecular flexibility index (Phi) is 5.50. The molecule has 0 N–H and O–H groups in total. The molecule has 2 aliphatic rings. The van der Waals surface area contributed by atoms with Crippen LogP contribution in [-0.4, -0.2) is 48.6 Å². The molecule has 18 heavy (non-hydrogen) atoms. The van der Waals surface area contributed by atoms with Crippen molar-refractivity contribution in [1.82, 2.24) is 9.80 Å². The predicted molar refractivity (Wildman–Crippen MR) is 78.9 cm³/mol. The van der Waals surface area contributed by atoms with Gasteiger partial charge < -0.3 is 9.80 Å². The van der Waals surface area contributed by atoms with Gasteiger partial charge in [-0.15, -0.1) is 0 Å². The second-order valence-electron chi connectivity index (χ2n) is 6.72. The fraction of sp³-hybridized carbons (Fsp3) is 1.00. The average Bonchev–Trinajstić information content (AvgIpc) is 2.41. The maximum atomic E-state index is 2.73. The van der Waals surface area contributed by atoms with E-state index in [-0.39, 0.29) is 0 Å². The molecule has 0 radical (unpaired) electrons. The van der Waals surface area contributed by atoms with Gasteiger partial charge in [-0.1, -0.05) is 13.8 Å². The summed E-state index contributed by atoms with van der Waals surface area (Å²) < 4.78 is 0. The highest BCUT2D eigenvalue weighted by Gasteiger charge is 2.24. The first-order chi connectivity index (χ1) is 8.69. The van der Waals surface area contributed by atoms with Crippen LogP contribution in [-0.2, 0) is 0 Å². The Morgan fingerprint density at radius 3 is 2.17 bits per heavy atom. The first-order valence-electron chi connectivity index (χ1n) is 8.15. The Bertz CT molecular complexity index is 225. The highest BCUT2D eigenvalue weighted by molar-refractivity contribution is 4.79. The standard InChI is InChI=1S/C16H32N2/c1-4-15(3)18-11-7-16(8-12-18)13-17-9-5-14(2)6-10-17/h14-16H,4-13H2,1-3H3. The van der Waals surface area contributed by atoms with Gasteiger partial charge in [0.15, 0.2) is 0 Å². The second-order valence-corrected chi connectivity index (χ2v) is 6.72. The molecule has 0 aromatic carbocycles. The molecule has 1 unspecified atom stereocenters. The lowest BCUT2D eigenvalue weighted by Crippen LogP contribution is -2.43. The van der Waals surface area contributed by atoms with Crippen LogP contribution in [0, 0.1) is 11.8 Å². The maximum absolute atomic E-state index is 2.73. The highest BCUT2D eigenvalue weighted by Crippen LogP contribution is 2.23. The van der Waals surface area contributed by atoms with Crippen LogP contribution in [0.5, 0.6) is 0 Å². The van der Waals surface area contributed by atoms with Crippen molar-refractivity contribution >= 4 is 0 Å². The van der Waals surface area contributed by atoms with Gasteiger partial charge in [0.05, 0.1) is 0 Å². The van der Waals surface area contributed by atoms with Gasteiger partial charge in [-0.25, -0.2) is 0 Å². The minimum Gasteiger partial charge on any atom is -0.303 e. The summed E-state index contributed by atoms with van der Waals surface area (Å²) in [4.78, 5) is 5.42. The number of nitrogens with zero attached hydrogens (tertiary/aromatic N) is 2. The zero-order valence-corrected chi connectivity index (χ0v) is 12.7. The summed E-state index contributed by atoms with van der Waals surface area (Å²) in [6.45, 7) is 13.9. The maximum Gasteiger partial charge on any atom is 0.00643 e. The van der Waals surface area contributed by atoms with Gasteiger partial charge in [0.25, 0.3) is 0 Å². The zero-order chi connectivity index (χ0) is 13.0. The Morgan fingerprint density at radius 2 is 1.61 bits per heavy atom. The molecule has 2 rings (SSSR count). The van der Waals surface area contributed by atoms with Crippen LogP contribution in [0.25, 0.3) is 0 Å². The molecule has 2 heteroatoms. The van der Waals surface area contributed by atoms with E-state index in [2.05, 4.69) is 30.6 Å². The summed E-state index contributed by atoms with van der Waals surface area (Å²) in [7, 11) is 0. The number of hydrogen-bond donors (Lipinski definition) is 0. The number of hydrogen-bond acceptors (Lipinski definition) is 2. The van der Waals surface area contributed by atoms with Gasteiger partial charge in [-0.05, 0) is 77.0 Å². The molecule has 2 nitrogen and oxygen atoms in total. The average molecular weight is 252 g/mol. The van der Waals surface area contributed by atoms with E-state index in [1.54, 1.807) is 0 Å². The monoisotopic (exact) mass is 252 g/mol. The van der Waals surface area contributed by atoms with Gasteiger partial charge in [0.1, 0.15) is 0 Å². The van der Waals surface area contributed by atoms with E-state index in [9.17, 15) is 0 Å². The molecular formula is C16H32N2. The molecule has 0 amide bonds. The van der Waals surface area contributed by atoms with Crippen molar-refractivity contribution in [2.24, 2.45) is 11.8 Å². The van der Waals surface area contributed by atoms with E-state index in [0.29, 0.717) is 0 Å². The Morgan fingerprint density at radius 1 is 1.00 bits per heavy atom. The Labute approximate surface area is 114 Å². The van der Waals surface area contributed by atoms with Crippen LogP contribution in [0.4, 0.5) is 0 Å². The summed E-state index contributed by atoms with van der Waals surface area (Å²) in [5.41, 5.74) is 0. The highest BCUT2D eigenvalue weighted by atomic mass is 15.2. The zero-order valence-electron chi connectivity index (χ0n) is 12.7. The minimum absolute atomic E-state index is 0.793. The number of rotatable bonds is 4. The molecule has 2 saturated heterocycles. The van der Waals surface area contributed by atoms with Crippen molar-refractivity contribution in [3.05, 3.63) is 0 Å². The molecule has 2 aliphatic heterocycles. The summed E-state index contributed by atoms with van der Waals surface area (Å²) in [6, 6.07) is 0.793. The molecule has 106 valence electrons. The van der Waals surface area contributed by atoms with Crippen LogP contribution in [0.3, 0.4) is 0 Å². The normalized spacial score (nSPS) is 27.5. The Hall–Kier alpha value is -0.0800. The van der Waals surface area contributed by atoms with E-state index in [4.69, 9.17) is 0 Å². The third kappa shape index (κ3) is 3.96. The molecule has 2 fully saturated rings. The van der Waals surface area contributed by atoms with E-state index in [1.807, 2.05) is 0 Å².